The van der Waals surface area contributed by atoms with Gasteiger partial charge in [-0.2, -0.15) is 18.6 Å². The normalized spacial score (nSPS) is 21.1. The summed E-state index contributed by atoms with van der Waals surface area (Å²) in [5.74, 6) is -1.30. The van der Waals surface area contributed by atoms with Crippen molar-refractivity contribution in [1.82, 2.24) is 19.7 Å². The molecular weight excluding hydrogens is 392 g/mol. The molecule has 0 spiro atoms. The summed E-state index contributed by atoms with van der Waals surface area (Å²) >= 11 is 0. The average molecular weight is 408 g/mol. The molecule has 1 fully saturated rings. The molecule has 12 heteroatoms. The van der Waals surface area contributed by atoms with Crippen molar-refractivity contribution in [2.75, 3.05) is 6.54 Å². The Morgan fingerprint density at radius 1 is 1.29 bits per heavy atom. The third-order valence-corrected chi connectivity index (χ3v) is 5.07. The number of carboxylic acids is 1. The van der Waals surface area contributed by atoms with E-state index in [4.69, 9.17) is 4.55 Å². The van der Waals surface area contributed by atoms with Crippen LogP contribution in [0, 0.1) is 0 Å². The molecule has 1 unspecified atom stereocenters. The molecule has 2 amide bonds. The van der Waals surface area contributed by atoms with E-state index in [-0.39, 0.29) is 12.2 Å². The molecule has 1 aromatic heterocycles. The van der Waals surface area contributed by atoms with E-state index in [0.717, 1.165) is 10.5 Å². The van der Waals surface area contributed by atoms with E-state index in [1.807, 2.05) is 30.3 Å². The molecule has 28 heavy (non-hydrogen) atoms. The van der Waals surface area contributed by atoms with Crippen molar-refractivity contribution >= 4 is 22.4 Å². The Morgan fingerprint density at radius 3 is 2.64 bits per heavy atom. The van der Waals surface area contributed by atoms with Crippen LogP contribution in [0.4, 0.5) is 4.79 Å². The summed E-state index contributed by atoms with van der Waals surface area (Å²) in [4.78, 5) is 25.1. The van der Waals surface area contributed by atoms with Gasteiger partial charge >= 0.3 is 22.4 Å². The third kappa shape index (κ3) is 3.21. The van der Waals surface area contributed by atoms with Crippen molar-refractivity contribution in [2.24, 2.45) is 0 Å². The highest BCUT2D eigenvalue weighted by Gasteiger charge is 2.53. The number of carboxylic acid groups (broad SMARTS) is 1. The first-order chi connectivity index (χ1) is 13.2. The van der Waals surface area contributed by atoms with Crippen LogP contribution in [-0.4, -0.2) is 56.4 Å². The minimum Gasteiger partial charge on any atom is -0.479 e. The molecule has 2 aromatic rings. The second-order valence-electron chi connectivity index (χ2n) is 6.49. The highest BCUT2D eigenvalue weighted by molar-refractivity contribution is 7.80. The van der Waals surface area contributed by atoms with Crippen LogP contribution in [-0.2, 0) is 32.4 Å². The fourth-order valence-electron chi connectivity index (χ4n) is 3.55. The van der Waals surface area contributed by atoms with Crippen molar-refractivity contribution in [3.8, 4) is 0 Å². The van der Waals surface area contributed by atoms with Gasteiger partial charge in [-0.05, 0) is 12.0 Å². The number of rotatable bonds is 6. The van der Waals surface area contributed by atoms with Gasteiger partial charge in [-0.25, -0.2) is 9.59 Å². The van der Waals surface area contributed by atoms with Gasteiger partial charge in [0.15, 0.2) is 6.04 Å². The number of amides is 2. The van der Waals surface area contributed by atoms with E-state index in [1.54, 1.807) is 10.9 Å². The number of aromatic nitrogens is 2. The Hall–Kier alpha value is -2.96. The monoisotopic (exact) mass is 408 g/mol. The molecule has 3 heterocycles. The maximum atomic E-state index is 12.4. The molecule has 2 aliphatic rings. The summed E-state index contributed by atoms with van der Waals surface area (Å²) in [5.41, 5.74) is 1.58. The molecule has 11 nitrogen and oxygen atoms in total. The number of hydrogen-bond donors (Lipinski definition) is 2. The van der Waals surface area contributed by atoms with Gasteiger partial charge in [0.2, 0.25) is 0 Å². The molecular formula is C16H16N4O7S. The molecule has 2 bridgehead atoms. The van der Waals surface area contributed by atoms with Gasteiger partial charge in [-0.15, -0.1) is 4.28 Å². The zero-order chi connectivity index (χ0) is 20.1. The largest absolute Gasteiger partial charge is 0.479 e. The van der Waals surface area contributed by atoms with Crippen molar-refractivity contribution < 1.29 is 31.9 Å². The number of urea groups is 1. The summed E-state index contributed by atoms with van der Waals surface area (Å²) in [6, 6.07) is 6.40. The molecule has 1 aromatic carbocycles. The molecule has 4 rings (SSSR count). The summed E-state index contributed by atoms with van der Waals surface area (Å²) in [6.45, 7) is 0.367. The van der Waals surface area contributed by atoms with Crippen LogP contribution in [0.1, 0.15) is 28.9 Å². The maximum Gasteiger partial charge on any atom is 0.418 e. The molecule has 2 atom stereocenters. The average Bonchev–Trinajstić information content (AvgIpc) is 3.16. The summed E-state index contributed by atoms with van der Waals surface area (Å²) < 4.78 is 37.1. The molecule has 0 saturated carbocycles. The number of hydroxylamine groups is 2. The van der Waals surface area contributed by atoms with Crippen molar-refractivity contribution in [3.63, 3.8) is 0 Å². The smallest absolute Gasteiger partial charge is 0.418 e. The van der Waals surface area contributed by atoms with E-state index in [1.165, 1.54) is 0 Å². The molecule has 2 aliphatic heterocycles. The summed E-state index contributed by atoms with van der Waals surface area (Å²) in [7, 11) is -4.96. The lowest BCUT2D eigenvalue weighted by molar-refractivity contribution is -0.142. The van der Waals surface area contributed by atoms with Crippen LogP contribution < -0.4 is 0 Å². The summed E-state index contributed by atoms with van der Waals surface area (Å²) in [5, 5.41) is 14.4. The number of benzene rings is 1. The van der Waals surface area contributed by atoms with Gasteiger partial charge < -0.3 is 10.0 Å². The lowest BCUT2D eigenvalue weighted by Crippen LogP contribution is -2.38. The van der Waals surface area contributed by atoms with Gasteiger partial charge in [0.05, 0.1) is 6.54 Å². The minimum atomic E-state index is -4.96. The van der Waals surface area contributed by atoms with Crippen LogP contribution in [0.15, 0.2) is 36.5 Å². The first kappa shape index (κ1) is 18.4. The summed E-state index contributed by atoms with van der Waals surface area (Å²) in [6.07, 6.45) is 2.23. The minimum absolute atomic E-state index is 0.0945. The Morgan fingerprint density at radius 2 is 2.00 bits per heavy atom. The van der Waals surface area contributed by atoms with Crippen LogP contribution >= 0.6 is 0 Å². The molecule has 2 N–H and O–H groups in total. The third-order valence-electron chi connectivity index (χ3n) is 4.72. The SMILES string of the molecule is O=C(O)C1c2nn(CCc3ccccc3)cc2[C@H]2CN1C(=O)N2OS(=O)(=O)O. The lowest BCUT2D eigenvalue weighted by atomic mass is 9.98. The molecule has 0 radical (unpaired) electrons. The Kier molecular flexibility index (Phi) is 4.33. The van der Waals surface area contributed by atoms with Crippen LogP contribution in [0.3, 0.4) is 0 Å². The van der Waals surface area contributed by atoms with E-state index >= 15 is 0 Å². The predicted molar refractivity (Wildman–Crippen MR) is 92.1 cm³/mol. The first-order valence-electron chi connectivity index (χ1n) is 8.35. The van der Waals surface area contributed by atoms with Crippen molar-refractivity contribution in [2.45, 2.75) is 25.0 Å². The van der Waals surface area contributed by atoms with E-state index in [0.29, 0.717) is 23.6 Å². The zero-order valence-electron chi connectivity index (χ0n) is 14.4. The highest BCUT2D eigenvalue weighted by atomic mass is 32.3. The zero-order valence-corrected chi connectivity index (χ0v) is 15.2. The molecule has 1 saturated heterocycles. The number of hydrogen-bond acceptors (Lipinski definition) is 6. The van der Waals surface area contributed by atoms with Crippen LogP contribution in [0.5, 0.6) is 0 Å². The Labute approximate surface area is 159 Å². The Bertz CT molecular complexity index is 1040. The van der Waals surface area contributed by atoms with Gasteiger partial charge in [0.1, 0.15) is 11.7 Å². The standard InChI is InChI=1S/C16H16N4O7S/c21-15(22)14-13-11(8-18(17-13)7-6-10-4-2-1-3-5-10)12-9-19(14)16(23)20(12)27-28(24,25)26/h1-5,8,12,14H,6-7,9H2,(H,21,22)(H,24,25,26)/t12-,14?/m1/s1. The van der Waals surface area contributed by atoms with E-state index in [2.05, 4.69) is 9.38 Å². The Balaban J connectivity index is 1.66. The lowest BCUT2D eigenvalue weighted by Gasteiger charge is -2.26. The van der Waals surface area contributed by atoms with Crippen LogP contribution in [0.2, 0.25) is 0 Å². The van der Waals surface area contributed by atoms with Crippen molar-refractivity contribution in [1.29, 1.82) is 0 Å². The molecule has 0 aliphatic carbocycles. The first-order valence-corrected chi connectivity index (χ1v) is 9.72. The quantitative estimate of drug-likeness (QED) is 0.668. The second-order valence-corrected chi connectivity index (χ2v) is 7.49. The number of carbonyl (C=O) groups excluding carboxylic acids is 1. The topological polar surface area (TPSA) is 142 Å². The van der Waals surface area contributed by atoms with Crippen molar-refractivity contribution in [3.05, 3.63) is 53.3 Å². The van der Waals surface area contributed by atoms with E-state index in [9.17, 15) is 23.1 Å². The fourth-order valence-corrected chi connectivity index (χ4v) is 3.92. The van der Waals surface area contributed by atoms with Gasteiger partial charge in [-0.1, -0.05) is 30.3 Å². The number of fused-ring (bicyclic) bond motifs is 4. The van der Waals surface area contributed by atoms with Gasteiger partial charge in [0, 0.05) is 18.3 Å². The number of aliphatic carboxylic acids is 1. The molecule has 148 valence electrons. The number of nitrogens with zero attached hydrogens (tertiary/aromatic N) is 4. The maximum absolute atomic E-state index is 12.4. The number of carbonyl (C=O) groups is 2. The van der Waals surface area contributed by atoms with Crippen LogP contribution in [0.25, 0.3) is 0 Å². The van der Waals surface area contributed by atoms with Gasteiger partial charge in [-0.3, -0.25) is 9.23 Å². The highest BCUT2D eigenvalue weighted by Crippen LogP contribution is 2.43. The second kappa shape index (κ2) is 6.58. The predicted octanol–water partition coefficient (Wildman–Crippen LogP) is 0.778. The fraction of sp³-hybridized carbons (Fsp3) is 0.312. The van der Waals surface area contributed by atoms with E-state index < -0.39 is 34.5 Å². The number of aryl methyl sites for hydroxylation is 2. The van der Waals surface area contributed by atoms with Gasteiger partial charge in [0.25, 0.3) is 0 Å².